The molecule has 0 aromatic heterocycles. The zero-order valence-corrected chi connectivity index (χ0v) is 8.95. The second-order valence-corrected chi connectivity index (χ2v) is 3.66. The van der Waals surface area contributed by atoms with E-state index in [2.05, 4.69) is 11.3 Å². The first-order valence-electron chi connectivity index (χ1n) is 5.09. The summed E-state index contributed by atoms with van der Waals surface area (Å²) in [5.41, 5.74) is 0.549. The molecule has 1 atom stereocenters. The number of carbonyl (C=O) groups excluding carboxylic acids is 2. The van der Waals surface area contributed by atoms with Crippen molar-refractivity contribution < 1.29 is 19.1 Å². The van der Waals surface area contributed by atoms with Crippen LogP contribution in [0.4, 0.5) is 0 Å². The molecule has 84 valence electrons. The second kappa shape index (κ2) is 5.53. The maximum Gasteiger partial charge on any atom is 0.333 e. The molecule has 1 aliphatic heterocycles. The molecule has 1 saturated heterocycles. The van der Waals surface area contributed by atoms with Gasteiger partial charge >= 0.3 is 11.9 Å². The highest BCUT2D eigenvalue weighted by atomic mass is 16.5. The van der Waals surface area contributed by atoms with Crippen LogP contribution in [0.3, 0.4) is 0 Å². The number of carbonyl (C=O) groups is 2. The first-order valence-corrected chi connectivity index (χ1v) is 5.09. The maximum atomic E-state index is 11.0. The van der Waals surface area contributed by atoms with Gasteiger partial charge in [0, 0.05) is 18.4 Å². The molecule has 0 amide bonds. The van der Waals surface area contributed by atoms with Crippen LogP contribution < -0.4 is 0 Å². The Hall–Kier alpha value is -1.32. The van der Waals surface area contributed by atoms with Crippen LogP contribution in [-0.4, -0.2) is 25.2 Å². The molecular weight excluding hydrogens is 196 g/mol. The zero-order chi connectivity index (χ0) is 11.3. The molecule has 0 aromatic carbocycles. The first kappa shape index (κ1) is 11.8. The highest BCUT2D eigenvalue weighted by molar-refractivity contribution is 5.89. The predicted molar refractivity (Wildman–Crippen MR) is 54.1 cm³/mol. The number of hydrogen-bond acceptors (Lipinski definition) is 4. The largest absolute Gasteiger partial charge is 0.469 e. The Morgan fingerprint density at radius 2 is 2.33 bits per heavy atom. The van der Waals surface area contributed by atoms with E-state index >= 15 is 0 Å². The molecule has 0 bridgehead atoms. The smallest absolute Gasteiger partial charge is 0.333 e. The van der Waals surface area contributed by atoms with Gasteiger partial charge in [-0.15, -0.1) is 0 Å². The molecule has 0 N–H and O–H groups in total. The van der Waals surface area contributed by atoms with Crippen LogP contribution in [0.5, 0.6) is 0 Å². The highest BCUT2D eigenvalue weighted by Crippen LogP contribution is 2.22. The van der Waals surface area contributed by atoms with Crippen molar-refractivity contribution in [1.29, 1.82) is 0 Å². The fourth-order valence-electron chi connectivity index (χ4n) is 1.54. The van der Waals surface area contributed by atoms with E-state index in [1.165, 1.54) is 7.11 Å². The number of hydrogen-bond donors (Lipinski definition) is 0. The van der Waals surface area contributed by atoms with E-state index in [1.54, 1.807) is 0 Å². The van der Waals surface area contributed by atoms with Crippen LogP contribution in [0.1, 0.15) is 32.1 Å². The topological polar surface area (TPSA) is 52.6 Å². The number of cyclic esters (lactones) is 1. The zero-order valence-electron chi connectivity index (χ0n) is 8.95. The molecule has 1 unspecified atom stereocenters. The van der Waals surface area contributed by atoms with Crippen LogP contribution in [0.15, 0.2) is 12.2 Å². The lowest BCUT2D eigenvalue weighted by atomic mass is 10.1. The molecule has 0 saturated carbocycles. The van der Waals surface area contributed by atoms with Gasteiger partial charge in [0.15, 0.2) is 0 Å². The summed E-state index contributed by atoms with van der Waals surface area (Å²) in [4.78, 5) is 21.8. The Morgan fingerprint density at radius 1 is 1.60 bits per heavy atom. The van der Waals surface area contributed by atoms with Crippen molar-refractivity contribution in [3.05, 3.63) is 12.2 Å². The first-order chi connectivity index (χ1) is 7.13. The summed E-state index contributed by atoms with van der Waals surface area (Å²) in [5.74, 6) is -0.476. The second-order valence-electron chi connectivity index (χ2n) is 3.66. The summed E-state index contributed by atoms with van der Waals surface area (Å²) in [6.07, 6.45) is 3.44. The van der Waals surface area contributed by atoms with E-state index in [1.807, 2.05) is 0 Å². The standard InChI is InChI=1S/C11H16O4/c1-8-7-9(15-11(8)13)5-3-4-6-10(12)14-2/h9H,1,3-7H2,2H3. The van der Waals surface area contributed by atoms with Crippen LogP contribution in [0.2, 0.25) is 0 Å². The van der Waals surface area contributed by atoms with Gasteiger partial charge in [0.2, 0.25) is 0 Å². The lowest BCUT2D eigenvalue weighted by molar-refractivity contribution is -0.141. The van der Waals surface area contributed by atoms with E-state index in [9.17, 15) is 9.59 Å². The number of ether oxygens (including phenoxy) is 2. The van der Waals surface area contributed by atoms with Gasteiger partial charge in [-0.1, -0.05) is 6.58 Å². The van der Waals surface area contributed by atoms with Gasteiger partial charge in [-0.25, -0.2) is 4.79 Å². The molecule has 0 spiro atoms. The Kier molecular flexibility index (Phi) is 4.34. The summed E-state index contributed by atoms with van der Waals surface area (Å²) in [6, 6.07) is 0. The monoisotopic (exact) mass is 212 g/mol. The SMILES string of the molecule is C=C1CC(CCCCC(=O)OC)OC1=O. The summed E-state index contributed by atoms with van der Waals surface area (Å²) >= 11 is 0. The predicted octanol–water partition coefficient (Wildman–Crippen LogP) is 1.59. The van der Waals surface area contributed by atoms with E-state index in [4.69, 9.17) is 4.74 Å². The molecule has 1 aliphatic rings. The minimum atomic E-state index is -0.284. The molecular formula is C11H16O4. The van der Waals surface area contributed by atoms with Crippen LogP contribution >= 0.6 is 0 Å². The Balaban J connectivity index is 2.09. The number of esters is 2. The van der Waals surface area contributed by atoms with Crippen LogP contribution in [0, 0.1) is 0 Å². The Bertz CT molecular complexity index is 254. The van der Waals surface area contributed by atoms with E-state index in [-0.39, 0.29) is 18.0 Å². The van der Waals surface area contributed by atoms with Crippen LogP contribution in [-0.2, 0) is 19.1 Å². The lowest BCUT2D eigenvalue weighted by Gasteiger charge is -2.07. The normalized spacial score (nSPS) is 20.2. The molecule has 0 aromatic rings. The number of rotatable bonds is 5. The number of methoxy groups -OCH3 is 1. The van der Waals surface area contributed by atoms with Crippen molar-refractivity contribution >= 4 is 11.9 Å². The van der Waals surface area contributed by atoms with Gasteiger partial charge < -0.3 is 9.47 Å². The van der Waals surface area contributed by atoms with Crippen molar-refractivity contribution in [3.63, 3.8) is 0 Å². The third-order valence-corrected chi connectivity index (χ3v) is 2.42. The van der Waals surface area contributed by atoms with E-state index in [0.717, 1.165) is 19.3 Å². The van der Waals surface area contributed by atoms with Gasteiger partial charge in [-0.05, 0) is 19.3 Å². The summed E-state index contributed by atoms with van der Waals surface area (Å²) in [6.45, 7) is 3.61. The van der Waals surface area contributed by atoms with Crippen molar-refractivity contribution in [2.75, 3.05) is 7.11 Å². The average Bonchev–Trinajstić information content (AvgIpc) is 2.53. The van der Waals surface area contributed by atoms with Crippen molar-refractivity contribution in [2.24, 2.45) is 0 Å². The fourth-order valence-corrected chi connectivity index (χ4v) is 1.54. The fraction of sp³-hybridized carbons (Fsp3) is 0.636. The molecule has 1 rings (SSSR count). The summed E-state index contributed by atoms with van der Waals surface area (Å²) in [7, 11) is 1.38. The maximum absolute atomic E-state index is 11.0. The van der Waals surface area contributed by atoms with Gasteiger partial charge in [0.05, 0.1) is 7.11 Å². The van der Waals surface area contributed by atoms with Crippen molar-refractivity contribution in [1.82, 2.24) is 0 Å². The third-order valence-electron chi connectivity index (χ3n) is 2.42. The van der Waals surface area contributed by atoms with E-state index in [0.29, 0.717) is 18.4 Å². The van der Waals surface area contributed by atoms with Crippen molar-refractivity contribution in [2.45, 2.75) is 38.2 Å². The minimum absolute atomic E-state index is 0.0392. The molecule has 0 radical (unpaired) electrons. The minimum Gasteiger partial charge on any atom is -0.469 e. The quantitative estimate of drug-likeness (QED) is 0.394. The summed E-state index contributed by atoms with van der Waals surface area (Å²) in [5, 5.41) is 0. The molecule has 15 heavy (non-hydrogen) atoms. The summed E-state index contributed by atoms with van der Waals surface area (Å²) < 4.78 is 9.57. The van der Waals surface area contributed by atoms with Crippen LogP contribution in [0.25, 0.3) is 0 Å². The Labute approximate surface area is 89.2 Å². The molecule has 1 heterocycles. The molecule has 1 fully saturated rings. The number of unbranched alkanes of at least 4 members (excludes halogenated alkanes) is 1. The lowest BCUT2D eigenvalue weighted by Crippen LogP contribution is -2.07. The van der Waals surface area contributed by atoms with E-state index < -0.39 is 0 Å². The van der Waals surface area contributed by atoms with Gasteiger partial charge in [0.25, 0.3) is 0 Å². The van der Waals surface area contributed by atoms with Crippen molar-refractivity contribution in [3.8, 4) is 0 Å². The Morgan fingerprint density at radius 3 is 2.87 bits per heavy atom. The average molecular weight is 212 g/mol. The van der Waals surface area contributed by atoms with Gasteiger partial charge in [0.1, 0.15) is 6.10 Å². The molecule has 4 nitrogen and oxygen atoms in total. The van der Waals surface area contributed by atoms with Gasteiger partial charge in [-0.3, -0.25) is 4.79 Å². The molecule has 4 heteroatoms. The van der Waals surface area contributed by atoms with Gasteiger partial charge in [-0.2, -0.15) is 0 Å². The molecule has 0 aliphatic carbocycles. The highest BCUT2D eigenvalue weighted by Gasteiger charge is 2.26. The third kappa shape index (κ3) is 3.73.